The molecule has 1 saturated heterocycles. The Balaban J connectivity index is 1.84. The van der Waals surface area contributed by atoms with Crippen molar-refractivity contribution in [2.75, 3.05) is 7.11 Å². The molecule has 0 aromatic heterocycles. The standard InChI is InChI=1S/C22H25NO5/c1-15-19(28-21(25)17-12-8-5-9-13-17)22(2,14-18(26-3)27-15)23-20(24)16-10-6-4-7-11-16/h4-13,15,18-19H,14H2,1-3H3,(H,23,24)/t15-,18-,19+,22+/m0/s1. The molecule has 0 radical (unpaired) electrons. The van der Waals surface area contributed by atoms with Gasteiger partial charge in [0.05, 0.1) is 17.2 Å². The van der Waals surface area contributed by atoms with Gasteiger partial charge in [0, 0.05) is 19.1 Å². The Hall–Kier alpha value is -2.70. The normalized spacial score (nSPS) is 27.0. The van der Waals surface area contributed by atoms with Gasteiger partial charge in [-0.2, -0.15) is 0 Å². The van der Waals surface area contributed by atoms with Crippen molar-refractivity contribution in [3.8, 4) is 0 Å². The topological polar surface area (TPSA) is 73.9 Å². The fourth-order valence-corrected chi connectivity index (χ4v) is 3.50. The summed E-state index contributed by atoms with van der Waals surface area (Å²) >= 11 is 0. The van der Waals surface area contributed by atoms with Gasteiger partial charge in [-0.15, -0.1) is 0 Å². The second kappa shape index (κ2) is 8.54. The van der Waals surface area contributed by atoms with Crippen molar-refractivity contribution in [2.45, 2.75) is 44.3 Å². The van der Waals surface area contributed by atoms with Crippen molar-refractivity contribution in [1.29, 1.82) is 0 Å². The maximum Gasteiger partial charge on any atom is 0.338 e. The number of nitrogens with one attached hydrogen (secondary N) is 1. The van der Waals surface area contributed by atoms with Crippen LogP contribution in [0.1, 0.15) is 41.0 Å². The Morgan fingerprint density at radius 2 is 1.61 bits per heavy atom. The molecular weight excluding hydrogens is 358 g/mol. The van der Waals surface area contributed by atoms with E-state index in [4.69, 9.17) is 14.2 Å². The number of hydrogen-bond acceptors (Lipinski definition) is 5. The largest absolute Gasteiger partial charge is 0.454 e. The summed E-state index contributed by atoms with van der Waals surface area (Å²) in [6.07, 6.45) is -1.31. The van der Waals surface area contributed by atoms with Crippen LogP contribution in [0.25, 0.3) is 0 Å². The lowest BCUT2D eigenvalue weighted by Gasteiger charge is -2.46. The minimum absolute atomic E-state index is 0.243. The molecule has 2 aromatic rings. The zero-order valence-electron chi connectivity index (χ0n) is 16.3. The van der Waals surface area contributed by atoms with E-state index in [1.807, 2.05) is 19.1 Å². The van der Waals surface area contributed by atoms with Crippen LogP contribution in [-0.2, 0) is 14.2 Å². The minimum Gasteiger partial charge on any atom is -0.454 e. The lowest BCUT2D eigenvalue weighted by molar-refractivity contribution is -0.230. The number of hydrogen-bond donors (Lipinski definition) is 1. The number of amides is 1. The maximum absolute atomic E-state index is 12.8. The van der Waals surface area contributed by atoms with Gasteiger partial charge in [0.25, 0.3) is 5.91 Å². The molecule has 3 rings (SSSR count). The number of esters is 1. The first-order valence-corrected chi connectivity index (χ1v) is 9.25. The third-order valence-corrected chi connectivity index (χ3v) is 4.95. The Kier molecular flexibility index (Phi) is 6.11. The first kappa shape index (κ1) is 20.0. The van der Waals surface area contributed by atoms with Crippen LogP contribution < -0.4 is 5.32 Å². The highest BCUT2D eigenvalue weighted by Crippen LogP contribution is 2.32. The first-order valence-electron chi connectivity index (χ1n) is 9.25. The van der Waals surface area contributed by atoms with Crippen LogP contribution >= 0.6 is 0 Å². The molecule has 6 nitrogen and oxygen atoms in total. The van der Waals surface area contributed by atoms with E-state index < -0.39 is 30.0 Å². The number of carbonyl (C=O) groups is 2. The van der Waals surface area contributed by atoms with Gasteiger partial charge in [0.15, 0.2) is 12.4 Å². The fraction of sp³-hybridized carbons (Fsp3) is 0.364. The summed E-state index contributed by atoms with van der Waals surface area (Å²) < 4.78 is 17.0. The molecule has 1 aliphatic heterocycles. The third-order valence-electron chi connectivity index (χ3n) is 4.95. The van der Waals surface area contributed by atoms with Crippen LogP contribution in [0.3, 0.4) is 0 Å². The number of ether oxygens (including phenoxy) is 3. The molecular formula is C22H25NO5. The van der Waals surface area contributed by atoms with Crippen LogP contribution in [0.5, 0.6) is 0 Å². The zero-order valence-corrected chi connectivity index (χ0v) is 16.3. The summed E-state index contributed by atoms with van der Waals surface area (Å²) in [4.78, 5) is 25.4. The Morgan fingerprint density at radius 3 is 2.18 bits per heavy atom. The lowest BCUT2D eigenvalue weighted by Crippen LogP contribution is -2.64. The summed E-state index contributed by atoms with van der Waals surface area (Å²) in [7, 11) is 1.55. The van der Waals surface area contributed by atoms with Crippen molar-refractivity contribution in [3.05, 3.63) is 71.8 Å². The fourth-order valence-electron chi connectivity index (χ4n) is 3.50. The molecule has 0 unspecified atom stereocenters. The van der Waals surface area contributed by atoms with Gasteiger partial charge < -0.3 is 19.5 Å². The van der Waals surface area contributed by atoms with Crippen molar-refractivity contribution in [3.63, 3.8) is 0 Å². The highest BCUT2D eigenvalue weighted by molar-refractivity contribution is 5.94. The van der Waals surface area contributed by atoms with E-state index in [-0.39, 0.29) is 5.91 Å². The molecule has 1 aliphatic rings. The van der Waals surface area contributed by atoms with Crippen molar-refractivity contribution >= 4 is 11.9 Å². The molecule has 0 spiro atoms. The van der Waals surface area contributed by atoms with Crippen LogP contribution in [0.15, 0.2) is 60.7 Å². The minimum atomic E-state index is -0.865. The van der Waals surface area contributed by atoms with E-state index in [1.54, 1.807) is 62.6 Å². The monoisotopic (exact) mass is 383 g/mol. The van der Waals surface area contributed by atoms with E-state index >= 15 is 0 Å². The molecule has 0 bridgehead atoms. The Labute approximate surface area is 164 Å². The Bertz CT molecular complexity index is 810. The van der Waals surface area contributed by atoms with Crippen LogP contribution in [0.4, 0.5) is 0 Å². The van der Waals surface area contributed by atoms with Gasteiger partial charge in [0.2, 0.25) is 0 Å². The summed E-state index contributed by atoms with van der Waals surface area (Å²) in [6.45, 7) is 3.66. The summed E-state index contributed by atoms with van der Waals surface area (Å²) in [5.41, 5.74) is 0.112. The first-order chi connectivity index (χ1) is 13.4. The van der Waals surface area contributed by atoms with E-state index in [0.717, 1.165) is 0 Å². The lowest BCUT2D eigenvalue weighted by atomic mass is 9.84. The summed E-state index contributed by atoms with van der Waals surface area (Å²) in [5, 5.41) is 3.04. The number of carbonyl (C=O) groups excluding carboxylic acids is 2. The van der Waals surface area contributed by atoms with Gasteiger partial charge in [-0.1, -0.05) is 36.4 Å². The molecule has 6 heteroatoms. The third kappa shape index (κ3) is 4.40. The van der Waals surface area contributed by atoms with Crippen LogP contribution in [-0.4, -0.2) is 43.0 Å². The van der Waals surface area contributed by atoms with Gasteiger partial charge in [0.1, 0.15) is 0 Å². The molecule has 0 saturated carbocycles. The second-order valence-corrected chi connectivity index (χ2v) is 7.14. The Morgan fingerprint density at radius 1 is 1.04 bits per heavy atom. The summed E-state index contributed by atoms with van der Waals surface area (Å²) in [5.74, 6) is -0.704. The van der Waals surface area contributed by atoms with Gasteiger partial charge >= 0.3 is 5.97 Å². The number of rotatable bonds is 5. The molecule has 4 atom stereocenters. The van der Waals surface area contributed by atoms with Gasteiger partial charge in [-0.05, 0) is 38.1 Å². The zero-order chi connectivity index (χ0) is 20.1. The smallest absolute Gasteiger partial charge is 0.338 e. The van der Waals surface area contributed by atoms with E-state index in [0.29, 0.717) is 17.5 Å². The van der Waals surface area contributed by atoms with Crippen LogP contribution in [0.2, 0.25) is 0 Å². The molecule has 148 valence electrons. The highest BCUT2D eigenvalue weighted by Gasteiger charge is 2.49. The highest BCUT2D eigenvalue weighted by atomic mass is 16.7. The van der Waals surface area contributed by atoms with E-state index in [9.17, 15) is 9.59 Å². The van der Waals surface area contributed by atoms with Crippen molar-refractivity contribution in [2.24, 2.45) is 0 Å². The average Bonchev–Trinajstić information content (AvgIpc) is 2.71. The average molecular weight is 383 g/mol. The molecule has 1 N–H and O–H groups in total. The number of methoxy groups -OCH3 is 1. The summed E-state index contributed by atoms with van der Waals surface area (Å²) in [6, 6.07) is 17.7. The number of benzene rings is 2. The maximum atomic E-state index is 12.8. The van der Waals surface area contributed by atoms with E-state index in [2.05, 4.69) is 5.32 Å². The van der Waals surface area contributed by atoms with Crippen molar-refractivity contribution < 1.29 is 23.8 Å². The SMILES string of the molecule is CO[C@@H]1C[C@@](C)(NC(=O)c2ccccc2)[C@H](OC(=O)c2ccccc2)[C@H](C)O1. The second-order valence-electron chi connectivity index (χ2n) is 7.14. The van der Waals surface area contributed by atoms with Gasteiger partial charge in [-0.25, -0.2) is 4.79 Å². The molecule has 1 fully saturated rings. The molecule has 1 heterocycles. The van der Waals surface area contributed by atoms with Gasteiger partial charge in [-0.3, -0.25) is 4.79 Å². The molecule has 28 heavy (non-hydrogen) atoms. The van der Waals surface area contributed by atoms with Crippen molar-refractivity contribution in [1.82, 2.24) is 5.32 Å². The predicted molar refractivity (Wildman–Crippen MR) is 104 cm³/mol. The molecule has 2 aromatic carbocycles. The van der Waals surface area contributed by atoms with E-state index in [1.165, 1.54) is 0 Å². The quantitative estimate of drug-likeness (QED) is 0.803. The molecule has 0 aliphatic carbocycles. The predicted octanol–water partition coefficient (Wildman–Crippen LogP) is 3.18. The molecule has 1 amide bonds. The van der Waals surface area contributed by atoms with Crippen LogP contribution in [0, 0.1) is 0 Å².